The number of hydrogen-bond acceptors (Lipinski definition) is 1. The minimum absolute atomic E-state index is 1.04. The second-order valence-corrected chi connectivity index (χ2v) is 6.50. The van der Waals surface area contributed by atoms with E-state index < -0.39 is 0 Å². The van der Waals surface area contributed by atoms with E-state index in [1.54, 1.807) is 0 Å². The monoisotopic (exact) mass is 314 g/mol. The lowest BCUT2D eigenvalue weighted by Crippen LogP contribution is -1.86. The Morgan fingerprint density at radius 2 is 1.43 bits per heavy atom. The first-order valence-corrected chi connectivity index (χ1v) is 9.81. The van der Waals surface area contributed by atoms with Crippen LogP contribution < -0.4 is 5.32 Å². The van der Waals surface area contributed by atoms with Crippen molar-refractivity contribution in [3.63, 3.8) is 0 Å². The summed E-state index contributed by atoms with van der Waals surface area (Å²) in [6, 6.07) is 11.1. The van der Waals surface area contributed by atoms with Crippen molar-refractivity contribution >= 4 is 5.69 Å². The smallest absolute Gasteiger partial charge is 0.0460 e. The minimum atomic E-state index is 1.04. The van der Waals surface area contributed by atoms with Crippen LogP contribution >= 0.6 is 0 Å². The molecule has 0 aliphatic heterocycles. The topological polar surface area (TPSA) is 12.0 Å². The molecule has 0 bridgehead atoms. The van der Waals surface area contributed by atoms with Gasteiger partial charge in [-0.15, -0.1) is 0 Å². The highest BCUT2D eigenvalue weighted by Gasteiger charge is 1.93. The van der Waals surface area contributed by atoms with Crippen molar-refractivity contribution in [1.29, 1.82) is 0 Å². The van der Waals surface area contributed by atoms with E-state index in [2.05, 4.69) is 24.4 Å². The molecule has 23 heavy (non-hydrogen) atoms. The van der Waals surface area contributed by atoms with E-state index in [0.717, 1.165) is 5.69 Å². The van der Waals surface area contributed by atoms with Crippen LogP contribution in [0.3, 0.4) is 0 Å². The lowest BCUT2D eigenvalue weighted by molar-refractivity contribution is 0.545. The zero-order valence-corrected chi connectivity index (χ0v) is 15.2. The van der Waals surface area contributed by atoms with E-state index in [-0.39, 0.29) is 0 Å². The van der Waals surface area contributed by atoms with Crippen molar-refractivity contribution in [3.8, 4) is 0 Å². The molecule has 0 fully saturated rings. The fourth-order valence-electron chi connectivity index (χ4n) is 2.82. The molecule has 0 spiro atoms. The van der Waals surface area contributed by atoms with Crippen LogP contribution in [0.4, 0.5) is 5.69 Å². The van der Waals surface area contributed by atoms with Gasteiger partial charge in [-0.25, -0.2) is 0 Å². The van der Waals surface area contributed by atoms with Gasteiger partial charge < -0.3 is 5.32 Å². The molecule has 0 saturated carbocycles. The maximum atomic E-state index is 3.25. The van der Waals surface area contributed by atoms with Gasteiger partial charge >= 0.3 is 0 Å². The highest BCUT2D eigenvalue weighted by Crippen LogP contribution is 2.12. The van der Waals surface area contributed by atoms with E-state index in [4.69, 9.17) is 0 Å². The summed E-state index contributed by atoms with van der Waals surface area (Å²) in [5, 5.41) is 3.25. The highest BCUT2D eigenvalue weighted by molar-refractivity contribution is 5.43. The summed E-state index contributed by atoms with van der Waals surface area (Å²) in [5.74, 6) is 0. The van der Waals surface area contributed by atoms with Crippen LogP contribution in [0.2, 0.25) is 0 Å². The molecule has 1 heteroatoms. The predicted molar refractivity (Wildman–Crippen MR) is 104 cm³/mol. The van der Waals surface area contributed by atoms with Gasteiger partial charge in [0.15, 0.2) is 0 Å². The molecular formula is C22H36N. The number of nitrogens with one attached hydrogen (secondary N) is 1. The Balaban J connectivity index is 1.78. The maximum Gasteiger partial charge on any atom is 0.0460 e. The van der Waals surface area contributed by atoms with E-state index in [1.165, 1.54) is 83.5 Å². The molecule has 0 aliphatic rings. The molecule has 1 rings (SSSR count). The average Bonchev–Trinajstić information content (AvgIpc) is 2.59. The van der Waals surface area contributed by atoms with Crippen LogP contribution in [0, 0.1) is 6.07 Å². The normalized spacial score (nSPS) is 11.2. The van der Waals surface area contributed by atoms with Gasteiger partial charge in [0.05, 0.1) is 0 Å². The molecule has 1 nitrogen and oxygen atoms in total. The molecule has 1 aromatic rings. The van der Waals surface area contributed by atoms with Crippen molar-refractivity contribution in [2.45, 2.75) is 90.4 Å². The number of anilines is 1. The third-order valence-corrected chi connectivity index (χ3v) is 4.29. The van der Waals surface area contributed by atoms with Gasteiger partial charge in [0.1, 0.15) is 0 Å². The number of unbranched alkanes of at least 4 members (excludes halogenated alkanes) is 12. The highest BCUT2D eigenvalue weighted by atomic mass is 14.8. The van der Waals surface area contributed by atoms with Crippen LogP contribution in [-0.2, 0) is 0 Å². The summed E-state index contributed by atoms with van der Waals surface area (Å²) in [5.41, 5.74) is 1.04. The van der Waals surface area contributed by atoms with Crippen molar-refractivity contribution < 1.29 is 0 Å². The van der Waals surface area contributed by atoms with E-state index >= 15 is 0 Å². The lowest BCUT2D eigenvalue weighted by atomic mass is 10.0. The van der Waals surface area contributed by atoms with Gasteiger partial charge in [0.25, 0.3) is 0 Å². The Kier molecular flexibility index (Phi) is 13.5. The van der Waals surface area contributed by atoms with Crippen molar-refractivity contribution in [2.75, 3.05) is 5.32 Å². The van der Waals surface area contributed by atoms with Gasteiger partial charge in [0, 0.05) is 11.8 Å². The molecule has 0 unspecified atom stereocenters. The summed E-state index contributed by atoms with van der Waals surface area (Å²) < 4.78 is 0. The van der Waals surface area contributed by atoms with Gasteiger partial charge in [-0.05, 0) is 25.1 Å². The molecular weight excluding hydrogens is 278 g/mol. The number of benzene rings is 1. The van der Waals surface area contributed by atoms with Crippen LogP contribution in [0.15, 0.2) is 36.5 Å². The average molecular weight is 315 g/mol. The molecule has 0 heterocycles. The largest absolute Gasteiger partial charge is 0.362 e. The summed E-state index contributed by atoms with van der Waals surface area (Å²) in [4.78, 5) is 0. The van der Waals surface area contributed by atoms with Crippen LogP contribution in [0.25, 0.3) is 0 Å². The second-order valence-electron chi connectivity index (χ2n) is 6.50. The fourth-order valence-corrected chi connectivity index (χ4v) is 2.82. The Bertz CT molecular complexity index is 369. The zero-order chi connectivity index (χ0) is 16.4. The number of para-hydroxylation sites is 1. The first kappa shape index (κ1) is 19.8. The molecule has 1 radical (unpaired) electrons. The number of allylic oxidation sites excluding steroid dienone is 1. The second kappa shape index (κ2) is 15.6. The van der Waals surface area contributed by atoms with Gasteiger partial charge in [-0.3, -0.25) is 0 Å². The van der Waals surface area contributed by atoms with Crippen molar-refractivity contribution in [1.82, 2.24) is 0 Å². The molecule has 129 valence electrons. The quantitative estimate of drug-likeness (QED) is 0.330. The lowest BCUT2D eigenvalue weighted by Gasteiger charge is -2.02. The predicted octanol–water partition coefficient (Wildman–Crippen LogP) is 7.50. The van der Waals surface area contributed by atoms with Gasteiger partial charge in [0.2, 0.25) is 0 Å². The maximum absolute atomic E-state index is 3.25. The Morgan fingerprint density at radius 3 is 2.00 bits per heavy atom. The van der Waals surface area contributed by atoms with E-state index in [0.29, 0.717) is 0 Å². The zero-order valence-electron chi connectivity index (χ0n) is 15.2. The van der Waals surface area contributed by atoms with Gasteiger partial charge in [-0.2, -0.15) is 0 Å². The molecule has 0 atom stereocenters. The summed E-state index contributed by atoms with van der Waals surface area (Å²) in [6.45, 7) is 2.29. The summed E-state index contributed by atoms with van der Waals surface area (Å²) in [7, 11) is 0. The summed E-state index contributed by atoms with van der Waals surface area (Å²) >= 11 is 0. The first-order valence-electron chi connectivity index (χ1n) is 9.81. The van der Waals surface area contributed by atoms with Crippen molar-refractivity contribution in [3.05, 3.63) is 42.6 Å². The van der Waals surface area contributed by atoms with Crippen molar-refractivity contribution in [2.24, 2.45) is 0 Å². The number of hydrogen-bond donors (Lipinski definition) is 1. The molecule has 0 aromatic heterocycles. The number of rotatable bonds is 15. The molecule has 0 aliphatic carbocycles. The Hall–Kier alpha value is -1.24. The summed E-state index contributed by atoms with van der Waals surface area (Å²) in [6.07, 6.45) is 22.5. The van der Waals surface area contributed by atoms with Gasteiger partial charge in [-0.1, -0.05) is 102 Å². The first-order chi connectivity index (χ1) is 11.4. The van der Waals surface area contributed by atoms with Crippen LogP contribution in [-0.4, -0.2) is 0 Å². The molecule has 1 aromatic carbocycles. The van der Waals surface area contributed by atoms with E-state index in [9.17, 15) is 0 Å². The van der Waals surface area contributed by atoms with Crippen LogP contribution in [0.1, 0.15) is 90.4 Å². The standard InChI is InChI=1S/C22H36N/c1-2-3-4-5-6-7-8-9-10-11-12-13-14-18-21-23-22-19-16-15-17-20-22/h15-19,21,23H,2-14H2,1H3. The molecule has 0 amide bonds. The molecule has 0 saturated heterocycles. The third kappa shape index (κ3) is 12.9. The SMILES string of the molecule is CCCCCCCCCCCCCCC=CNc1[c]cccc1. The Morgan fingerprint density at radius 1 is 0.826 bits per heavy atom. The van der Waals surface area contributed by atoms with Crippen LogP contribution in [0.5, 0.6) is 0 Å². The third-order valence-electron chi connectivity index (χ3n) is 4.29. The fraction of sp³-hybridized carbons (Fsp3) is 0.636. The van der Waals surface area contributed by atoms with E-state index in [1.807, 2.05) is 30.5 Å². The minimum Gasteiger partial charge on any atom is -0.362 e. The molecule has 1 N–H and O–H groups in total. The Labute approximate surface area is 144 Å².